The van der Waals surface area contributed by atoms with Gasteiger partial charge in [-0.2, -0.15) is 5.48 Å². The van der Waals surface area contributed by atoms with E-state index >= 15 is 0 Å². The maximum atomic E-state index is 14.8. The van der Waals surface area contributed by atoms with Crippen LogP contribution in [0.15, 0.2) is 34.7 Å². The summed E-state index contributed by atoms with van der Waals surface area (Å²) in [6.45, 7) is 1.77. The van der Waals surface area contributed by atoms with Crippen molar-refractivity contribution in [3.63, 3.8) is 0 Å². The minimum Gasteiger partial charge on any atom is -0.439 e. The zero-order valence-electron chi connectivity index (χ0n) is 15.5. The summed E-state index contributed by atoms with van der Waals surface area (Å²) >= 11 is 12.1. The van der Waals surface area contributed by atoms with E-state index in [2.05, 4.69) is 15.8 Å². The number of hydrogen-bond acceptors (Lipinski definition) is 5. The zero-order chi connectivity index (χ0) is 20.5. The molecule has 1 amide bonds. The van der Waals surface area contributed by atoms with Crippen molar-refractivity contribution in [2.45, 2.75) is 31.7 Å². The van der Waals surface area contributed by atoms with Crippen molar-refractivity contribution >= 4 is 40.2 Å². The van der Waals surface area contributed by atoms with Crippen molar-refractivity contribution < 1.29 is 18.4 Å². The quantitative estimate of drug-likeness (QED) is 0.566. The van der Waals surface area contributed by atoms with Gasteiger partial charge in [0, 0.05) is 24.9 Å². The van der Waals surface area contributed by atoms with Crippen LogP contribution in [0.2, 0.25) is 10.0 Å². The number of hydrogen-bond donors (Lipinski definition) is 2. The topological polar surface area (TPSA) is 76.4 Å². The number of amides is 1. The monoisotopic (exact) mass is 437 g/mol. The van der Waals surface area contributed by atoms with Crippen molar-refractivity contribution in [1.29, 1.82) is 0 Å². The summed E-state index contributed by atoms with van der Waals surface area (Å²) in [4.78, 5) is 20.9. The molecule has 0 saturated carbocycles. The number of benzene rings is 2. The molecule has 0 spiro atoms. The largest absolute Gasteiger partial charge is 0.439 e. The molecule has 6 nitrogen and oxygen atoms in total. The van der Waals surface area contributed by atoms with Crippen molar-refractivity contribution in [2.24, 2.45) is 0 Å². The Morgan fingerprint density at radius 3 is 2.79 bits per heavy atom. The van der Waals surface area contributed by atoms with E-state index < -0.39 is 5.82 Å². The molecular formula is C20H18Cl2FN3O3. The normalized spacial score (nSPS) is 19.3. The van der Waals surface area contributed by atoms with Gasteiger partial charge in [0.15, 0.2) is 11.3 Å². The van der Waals surface area contributed by atoms with Crippen LogP contribution in [0.3, 0.4) is 0 Å². The van der Waals surface area contributed by atoms with Crippen LogP contribution < -0.4 is 15.6 Å². The average Bonchev–Trinajstić information content (AvgIpc) is 3.15. The van der Waals surface area contributed by atoms with Gasteiger partial charge in [-0.3, -0.25) is 4.79 Å². The predicted octanol–water partition coefficient (Wildman–Crippen LogP) is 4.91. The molecule has 29 heavy (non-hydrogen) atoms. The molecule has 0 aliphatic carbocycles. The van der Waals surface area contributed by atoms with E-state index in [1.165, 1.54) is 13.0 Å². The summed E-state index contributed by atoms with van der Waals surface area (Å²) in [6, 6.07) is 8.22. The van der Waals surface area contributed by atoms with Crippen molar-refractivity contribution in [3.05, 3.63) is 57.6 Å². The van der Waals surface area contributed by atoms with Crippen LogP contribution in [0.1, 0.15) is 43.2 Å². The highest BCUT2D eigenvalue weighted by atomic mass is 35.5. The molecule has 4 rings (SSSR count). The van der Waals surface area contributed by atoms with Crippen LogP contribution >= 0.6 is 23.2 Å². The lowest BCUT2D eigenvalue weighted by atomic mass is 9.87. The molecular weight excluding hydrogens is 420 g/mol. The molecule has 0 unspecified atom stereocenters. The first-order valence-corrected chi connectivity index (χ1v) is 9.89. The molecule has 1 aliphatic rings. The summed E-state index contributed by atoms with van der Waals surface area (Å²) < 4.78 is 20.6. The second-order valence-corrected chi connectivity index (χ2v) is 7.72. The number of hydroxylamine groups is 1. The number of nitrogens with zero attached hydrogens (tertiary/aromatic N) is 1. The smallest absolute Gasteiger partial charge is 0.249 e. The number of aromatic nitrogens is 1. The molecule has 1 fully saturated rings. The maximum absolute atomic E-state index is 14.8. The van der Waals surface area contributed by atoms with Crippen LogP contribution in [0.5, 0.6) is 5.75 Å². The minimum absolute atomic E-state index is 0.00545. The third-order valence-electron chi connectivity index (χ3n) is 4.90. The van der Waals surface area contributed by atoms with Gasteiger partial charge in [-0.25, -0.2) is 9.37 Å². The molecule has 2 atom stereocenters. The second-order valence-electron chi connectivity index (χ2n) is 6.91. The summed E-state index contributed by atoms with van der Waals surface area (Å²) in [5.41, 5.74) is 3.82. The molecule has 1 saturated heterocycles. The Kier molecular flexibility index (Phi) is 5.63. The number of piperidine rings is 1. The highest BCUT2D eigenvalue weighted by Gasteiger charge is 2.31. The minimum atomic E-state index is -0.548. The van der Waals surface area contributed by atoms with Gasteiger partial charge in [0.25, 0.3) is 0 Å². The van der Waals surface area contributed by atoms with Crippen LogP contribution in [-0.2, 0) is 4.79 Å². The molecule has 1 aliphatic heterocycles. The van der Waals surface area contributed by atoms with Crippen molar-refractivity contribution in [1.82, 2.24) is 15.8 Å². The second kappa shape index (κ2) is 8.18. The number of carbonyl (C=O) groups is 1. The number of fused-ring (bicyclic) bond motifs is 1. The van der Waals surface area contributed by atoms with E-state index in [1.54, 1.807) is 12.1 Å². The number of halogens is 3. The fourth-order valence-corrected chi connectivity index (χ4v) is 3.91. The Morgan fingerprint density at radius 2 is 2.10 bits per heavy atom. The standard InChI is InChI=1S/C20H18Cl2FN3O3/c1-10(27)26-29-15-8-6-12(21)18(23)17(15)11-5-7-14(24-9-11)20-25-19-13(22)3-2-4-16(19)28-20/h2-4,6,8,11,14,24H,5,7,9H2,1H3,(H,26,27)/t11-,14-/m1/s1. The molecule has 1 aromatic heterocycles. The Labute approximate surface area is 176 Å². The molecule has 0 radical (unpaired) electrons. The first kappa shape index (κ1) is 19.9. The average molecular weight is 438 g/mol. The van der Waals surface area contributed by atoms with Gasteiger partial charge < -0.3 is 14.6 Å². The van der Waals surface area contributed by atoms with Gasteiger partial charge in [0.1, 0.15) is 11.3 Å². The van der Waals surface area contributed by atoms with E-state index in [4.69, 9.17) is 32.5 Å². The van der Waals surface area contributed by atoms with Crippen molar-refractivity contribution in [2.75, 3.05) is 6.54 Å². The summed E-state index contributed by atoms with van der Waals surface area (Å²) in [6.07, 6.45) is 1.32. The Morgan fingerprint density at radius 1 is 1.28 bits per heavy atom. The predicted molar refractivity (Wildman–Crippen MR) is 108 cm³/mol. The van der Waals surface area contributed by atoms with Gasteiger partial charge in [-0.05, 0) is 37.1 Å². The molecule has 3 aromatic rings. The van der Waals surface area contributed by atoms with Crippen LogP contribution in [0, 0.1) is 5.82 Å². The molecule has 2 N–H and O–H groups in total. The fraction of sp³-hybridized carbons (Fsp3) is 0.300. The highest BCUT2D eigenvalue weighted by Crippen LogP contribution is 2.39. The number of carbonyl (C=O) groups excluding carboxylic acids is 1. The van der Waals surface area contributed by atoms with E-state index in [0.717, 1.165) is 0 Å². The molecule has 9 heteroatoms. The van der Waals surface area contributed by atoms with E-state index in [1.807, 2.05) is 12.1 Å². The summed E-state index contributed by atoms with van der Waals surface area (Å²) in [5, 5.41) is 3.89. The number of para-hydroxylation sites is 1. The van der Waals surface area contributed by atoms with E-state index in [-0.39, 0.29) is 28.6 Å². The zero-order valence-corrected chi connectivity index (χ0v) is 17.0. The number of rotatable bonds is 4. The first-order chi connectivity index (χ1) is 13.9. The molecule has 0 bridgehead atoms. The summed E-state index contributed by atoms with van der Waals surface area (Å²) in [7, 11) is 0. The summed E-state index contributed by atoms with van der Waals surface area (Å²) in [5.74, 6) is -0.341. The Hall–Kier alpha value is -2.35. The van der Waals surface area contributed by atoms with E-state index in [9.17, 15) is 9.18 Å². The highest BCUT2D eigenvalue weighted by molar-refractivity contribution is 6.34. The lowest BCUT2D eigenvalue weighted by molar-refractivity contribution is -0.125. The third-order valence-corrected chi connectivity index (χ3v) is 5.50. The van der Waals surface area contributed by atoms with Crippen LogP contribution in [0.4, 0.5) is 4.39 Å². The fourth-order valence-electron chi connectivity index (χ4n) is 3.54. The number of nitrogens with one attached hydrogen (secondary N) is 2. The van der Waals surface area contributed by atoms with E-state index in [0.29, 0.717) is 47.0 Å². The molecule has 2 aromatic carbocycles. The number of oxazole rings is 1. The van der Waals surface area contributed by atoms with Gasteiger partial charge >= 0.3 is 0 Å². The lowest BCUT2D eigenvalue weighted by Gasteiger charge is -2.29. The maximum Gasteiger partial charge on any atom is 0.249 e. The van der Waals surface area contributed by atoms with Gasteiger partial charge in [-0.15, -0.1) is 0 Å². The first-order valence-electron chi connectivity index (χ1n) is 9.13. The third kappa shape index (κ3) is 4.03. The van der Waals surface area contributed by atoms with Crippen LogP contribution in [0.25, 0.3) is 11.1 Å². The lowest BCUT2D eigenvalue weighted by Crippen LogP contribution is -2.33. The van der Waals surface area contributed by atoms with Crippen LogP contribution in [-0.4, -0.2) is 17.4 Å². The van der Waals surface area contributed by atoms with Gasteiger partial charge in [-0.1, -0.05) is 29.3 Å². The Bertz CT molecular complexity index is 1060. The van der Waals surface area contributed by atoms with Crippen molar-refractivity contribution in [3.8, 4) is 5.75 Å². The van der Waals surface area contributed by atoms with Gasteiger partial charge in [0.2, 0.25) is 11.8 Å². The molecule has 152 valence electrons. The SMILES string of the molecule is CC(=O)NOc1ccc(Cl)c(F)c1[C@@H]1CC[C@H](c2nc3c(Cl)cccc3o2)NC1. The van der Waals surface area contributed by atoms with Gasteiger partial charge in [0.05, 0.1) is 16.1 Å². The molecule has 2 heterocycles. The Balaban J connectivity index is 1.54.